The van der Waals surface area contributed by atoms with E-state index >= 15 is 0 Å². The van der Waals surface area contributed by atoms with E-state index in [2.05, 4.69) is 37.3 Å². The molecule has 2 rings (SSSR count). The molecule has 2 aromatic rings. The molecule has 0 bridgehead atoms. The molecule has 100 valence electrons. The van der Waals surface area contributed by atoms with Crippen molar-refractivity contribution in [1.29, 1.82) is 0 Å². The topological polar surface area (TPSA) is 26.0 Å². The third kappa shape index (κ3) is 4.27. The van der Waals surface area contributed by atoms with Crippen LogP contribution < -0.4 is 5.73 Å². The Bertz CT molecular complexity index is 566. The average molecular weight is 292 g/mol. The van der Waals surface area contributed by atoms with Gasteiger partial charge in [0.25, 0.3) is 0 Å². The SMILES string of the molecule is Cc1cccc(Sc2cc(Cl)ccc2CC(C)N)c1. The van der Waals surface area contributed by atoms with E-state index in [1.165, 1.54) is 20.9 Å². The van der Waals surface area contributed by atoms with Crippen LogP contribution in [0, 0.1) is 6.92 Å². The highest BCUT2D eigenvalue weighted by Gasteiger charge is 2.08. The molecule has 1 nitrogen and oxygen atoms in total. The maximum absolute atomic E-state index is 6.11. The fraction of sp³-hybridized carbons (Fsp3) is 0.250. The minimum absolute atomic E-state index is 0.151. The van der Waals surface area contributed by atoms with Crippen LogP contribution >= 0.6 is 23.4 Å². The quantitative estimate of drug-likeness (QED) is 0.884. The molecule has 19 heavy (non-hydrogen) atoms. The molecule has 0 radical (unpaired) electrons. The van der Waals surface area contributed by atoms with Crippen molar-refractivity contribution in [3.8, 4) is 0 Å². The first-order valence-corrected chi connectivity index (χ1v) is 7.52. The number of benzene rings is 2. The van der Waals surface area contributed by atoms with Crippen molar-refractivity contribution in [1.82, 2.24) is 0 Å². The summed E-state index contributed by atoms with van der Waals surface area (Å²) in [4.78, 5) is 2.42. The van der Waals surface area contributed by atoms with E-state index in [1.54, 1.807) is 11.8 Å². The summed E-state index contributed by atoms with van der Waals surface area (Å²) in [7, 11) is 0. The summed E-state index contributed by atoms with van der Waals surface area (Å²) in [6, 6.07) is 14.7. The van der Waals surface area contributed by atoms with Gasteiger partial charge in [-0.15, -0.1) is 0 Å². The summed E-state index contributed by atoms with van der Waals surface area (Å²) in [5.74, 6) is 0. The van der Waals surface area contributed by atoms with Crippen molar-refractivity contribution in [2.75, 3.05) is 0 Å². The summed E-state index contributed by atoms with van der Waals surface area (Å²) in [6.07, 6.45) is 0.866. The fourth-order valence-electron chi connectivity index (χ4n) is 1.94. The van der Waals surface area contributed by atoms with E-state index in [9.17, 15) is 0 Å². The first kappa shape index (κ1) is 14.4. The van der Waals surface area contributed by atoms with Crippen molar-refractivity contribution >= 4 is 23.4 Å². The molecule has 0 aliphatic rings. The van der Waals surface area contributed by atoms with E-state index in [0.717, 1.165) is 11.4 Å². The van der Waals surface area contributed by atoms with E-state index in [4.69, 9.17) is 17.3 Å². The molecule has 0 saturated carbocycles. The highest BCUT2D eigenvalue weighted by atomic mass is 35.5. The van der Waals surface area contributed by atoms with Crippen LogP contribution in [0.15, 0.2) is 52.3 Å². The molecule has 0 aliphatic carbocycles. The molecule has 0 aliphatic heterocycles. The molecule has 0 saturated heterocycles. The minimum atomic E-state index is 0.151. The maximum Gasteiger partial charge on any atom is 0.0417 e. The van der Waals surface area contributed by atoms with Gasteiger partial charge in [-0.1, -0.05) is 47.1 Å². The molecule has 0 heterocycles. The Labute approximate surface area is 124 Å². The van der Waals surface area contributed by atoms with Crippen LogP contribution in [-0.2, 0) is 6.42 Å². The molecule has 0 aromatic heterocycles. The predicted molar refractivity (Wildman–Crippen MR) is 84.1 cm³/mol. The van der Waals surface area contributed by atoms with Gasteiger partial charge in [0.2, 0.25) is 0 Å². The van der Waals surface area contributed by atoms with Gasteiger partial charge in [0, 0.05) is 20.9 Å². The van der Waals surface area contributed by atoms with Crippen LogP contribution in [0.1, 0.15) is 18.1 Å². The molecule has 2 N–H and O–H groups in total. The molecule has 0 spiro atoms. The molecular weight excluding hydrogens is 274 g/mol. The smallest absolute Gasteiger partial charge is 0.0417 e. The standard InChI is InChI=1S/C16H18ClNS/c1-11-4-3-5-15(8-11)19-16-10-14(17)7-6-13(16)9-12(2)18/h3-8,10,12H,9,18H2,1-2H3. The summed E-state index contributed by atoms with van der Waals surface area (Å²) in [5.41, 5.74) is 8.43. The second-order valence-electron chi connectivity index (χ2n) is 4.85. The van der Waals surface area contributed by atoms with Gasteiger partial charge < -0.3 is 5.73 Å². The molecular formula is C16H18ClNS. The Hall–Kier alpha value is -0.960. The van der Waals surface area contributed by atoms with Gasteiger partial charge in [-0.25, -0.2) is 0 Å². The first-order valence-electron chi connectivity index (χ1n) is 6.33. The number of hydrogen-bond acceptors (Lipinski definition) is 2. The van der Waals surface area contributed by atoms with Gasteiger partial charge in [0.05, 0.1) is 0 Å². The molecule has 0 amide bonds. The third-order valence-corrected chi connectivity index (χ3v) is 4.11. The zero-order chi connectivity index (χ0) is 13.8. The first-order chi connectivity index (χ1) is 9.04. The van der Waals surface area contributed by atoms with Crippen LogP contribution in [0.4, 0.5) is 0 Å². The number of rotatable bonds is 4. The Morgan fingerprint density at radius 3 is 2.68 bits per heavy atom. The zero-order valence-electron chi connectivity index (χ0n) is 11.2. The Balaban J connectivity index is 2.30. The Morgan fingerprint density at radius 1 is 1.21 bits per heavy atom. The lowest BCUT2D eigenvalue weighted by atomic mass is 10.1. The van der Waals surface area contributed by atoms with Crippen LogP contribution in [0.3, 0.4) is 0 Å². The normalized spacial score (nSPS) is 12.4. The van der Waals surface area contributed by atoms with Crippen molar-refractivity contribution in [3.05, 3.63) is 58.6 Å². The highest BCUT2D eigenvalue weighted by Crippen LogP contribution is 2.33. The van der Waals surface area contributed by atoms with Gasteiger partial charge in [0.1, 0.15) is 0 Å². The predicted octanol–water partition coefficient (Wildman–Crippen LogP) is 4.69. The molecule has 2 aromatic carbocycles. The number of nitrogens with two attached hydrogens (primary N) is 1. The minimum Gasteiger partial charge on any atom is -0.328 e. The van der Waals surface area contributed by atoms with Crippen LogP contribution in [0.25, 0.3) is 0 Å². The second-order valence-corrected chi connectivity index (χ2v) is 6.40. The maximum atomic E-state index is 6.11. The Morgan fingerprint density at radius 2 is 2.00 bits per heavy atom. The summed E-state index contributed by atoms with van der Waals surface area (Å²) in [5, 5.41) is 0.767. The van der Waals surface area contributed by atoms with Crippen LogP contribution in [0.2, 0.25) is 5.02 Å². The van der Waals surface area contributed by atoms with Crippen molar-refractivity contribution in [3.63, 3.8) is 0 Å². The number of halogens is 1. The van der Waals surface area contributed by atoms with Crippen LogP contribution in [-0.4, -0.2) is 6.04 Å². The van der Waals surface area contributed by atoms with Crippen molar-refractivity contribution in [2.24, 2.45) is 5.73 Å². The van der Waals surface area contributed by atoms with Crippen molar-refractivity contribution in [2.45, 2.75) is 36.1 Å². The van der Waals surface area contributed by atoms with Gasteiger partial charge >= 0.3 is 0 Å². The average Bonchev–Trinajstić information content (AvgIpc) is 2.32. The third-order valence-electron chi connectivity index (χ3n) is 2.79. The second kappa shape index (κ2) is 6.47. The zero-order valence-corrected chi connectivity index (χ0v) is 12.8. The fourth-order valence-corrected chi connectivity index (χ4v) is 3.30. The van der Waals surface area contributed by atoms with Crippen molar-refractivity contribution < 1.29 is 0 Å². The molecule has 3 heteroatoms. The molecule has 0 fully saturated rings. The van der Waals surface area contributed by atoms with Crippen LogP contribution in [0.5, 0.6) is 0 Å². The molecule has 1 atom stereocenters. The van der Waals surface area contributed by atoms with E-state index in [0.29, 0.717) is 0 Å². The number of hydrogen-bond donors (Lipinski definition) is 1. The van der Waals surface area contributed by atoms with E-state index < -0.39 is 0 Å². The van der Waals surface area contributed by atoms with E-state index in [1.807, 2.05) is 19.1 Å². The van der Waals surface area contributed by atoms with E-state index in [-0.39, 0.29) is 6.04 Å². The monoisotopic (exact) mass is 291 g/mol. The lowest BCUT2D eigenvalue weighted by Crippen LogP contribution is -2.18. The highest BCUT2D eigenvalue weighted by molar-refractivity contribution is 7.99. The largest absolute Gasteiger partial charge is 0.328 e. The molecule has 1 unspecified atom stereocenters. The number of aryl methyl sites for hydroxylation is 1. The summed E-state index contributed by atoms with van der Waals surface area (Å²) >= 11 is 7.85. The summed E-state index contributed by atoms with van der Waals surface area (Å²) < 4.78 is 0. The lowest BCUT2D eigenvalue weighted by Gasteiger charge is -2.12. The van der Waals surface area contributed by atoms with Gasteiger partial charge in [0.15, 0.2) is 0 Å². The summed E-state index contributed by atoms with van der Waals surface area (Å²) in [6.45, 7) is 4.13. The lowest BCUT2D eigenvalue weighted by molar-refractivity contribution is 0.729. The van der Waals surface area contributed by atoms with Gasteiger partial charge in [-0.3, -0.25) is 0 Å². The van der Waals surface area contributed by atoms with Gasteiger partial charge in [-0.05, 0) is 50.1 Å². The van der Waals surface area contributed by atoms with Gasteiger partial charge in [-0.2, -0.15) is 0 Å². The Kier molecular flexibility index (Phi) is 4.92.